The summed E-state index contributed by atoms with van der Waals surface area (Å²) < 4.78 is 48.5. The van der Waals surface area contributed by atoms with Crippen molar-refractivity contribution in [3.63, 3.8) is 0 Å². The number of carbonyl (C=O) groups is 3. The molecule has 474 valence electrons. The van der Waals surface area contributed by atoms with Gasteiger partial charge in [-0.15, -0.1) is 56.7 Å². The van der Waals surface area contributed by atoms with Gasteiger partial charge in [0.05, 0.1) is 20.0 Å². The second kappa shape index (κ2) is 26.4. The van der Waals surface area contributed by atoms with Crippen LogP contribution in [0.1, 0.15) is 62.4 Å². The highest BCUT2D eigenvalue weighted by Gasteiger charge is 2.27. The molecule has 96 heavy (non-hydrogen) atoms. The summed E-state index contributed by atoms with van der Waals surface area (Å²) in [6.07, 6.45) is 1.38. The van der Waals surface area contributed by atoms with Crippen LogP contribution in [0.3, 0.4) is 0 Å². The normalized spacial score (nSPS) is 11.2. The number of phenolic OH excluding ortho intramolecular Hbond substituents is 3. The number of nitrogen functional groups attached to an aromatic ring is 2. The molecule has 0 spiro atoms. The average molecular weight is 1370 g/mol. The number of aryl methyl sites for hydroxylation is 3. The molecule has 0 saturated heterocycles. The zero-order valence-corrected chi connectivity index (χ0v) is 54.7. The molecule has 8 N–H and O–H groups in total. The number of ketones is 3. The zero-order valence-electron chi connectivity index (χ0n) is 50.6. The maximum Gasteiger partial charge on any atom is 0.227 e. The van der Waals surface area contributed by atoms with E-state index in [2.05, 4.69) is 15.0 Å². The van der Waals surface area contributed by atoms with E-state index in [1.54, 1.807) is 80.1 Å². The van der Waals surface area contributed by atoms with Crippen molar-refractivity contribution in [1.29, 1.82) is 0 Å². The molecular weight excluding hydrogens is 1320 g/mol. The van der Waals surface area contributed by atoms with Gasteiger partial charge in [0, 0.05) is 85.7 Å². The number of hydrogen-bond donors (Lipinski definition) is 6. The van der Waals surface area contributed by atoms with Crippen molar-refractivity contribution in [3.05, 3.63) is 264 Å². The van der Waals surface area contributed by atoms with Crippen LogP contribution in [0.25, 0.3) is 96.2 Å². The Kier molecular flexibility index (Phi) is 17.5. The number of nitrogens with two attached hydrogens (primary N) is 2. The monoisotopic (exact) mass is 1370 g/mol. The van der Waals surface area contributed by atoms with Gasteiger partial charge < -0.3 is 36.3 Å². The van der Waals surface area contributed by atoms with E-state index in [0.717, 1.165) is 85.3 Å². The smallest absolute Gasteiger partial charge is 0.227 e. The van der Waals surface area contributed by atoms with E-state index in [4.69, 9.17) is 15.9 Å². The third-order valence-corrected chi connectivity index (χ3v) is 21.0. The number of anilines is 2. The summed E-state index contributed by atoms with van der Waals surface area (Å²) in [7, 11) is 0. The third kappa shape index (κ3) is 12.9. The van der Waals surface area contributed by atoms with E-state index in [1.165, 1.54) is 118 Å². The Labute approximate surface area is 565 Å². The number of halogens is 3. The Bertz CT molecular complexity index is 5000. The van der Waals surface area contributed by atoms with Gasteiger partial charge in [-0.2, -0.15) is 4.98 Å². The molecule has 6 aromatic heterocycles. The first kappa shape index (κ1) is 63.7. The fourth-order valence-corrected chi connectivity index (χ4v) is 16.2. The molecular formula is C75H50F3N5O8S5. The molecule has 9 aromatic carbocycles. The van der Waals surface area contributed by atoms with Crippen molar-refractivity contribution in [1.82, 2.24) is 15.0 Å². The van der Waals surface area contributed by atoms with Gasteiger partial charge in [-0.3, -0.25) is 14.4 Å². The van der Waals surface area contributed by atoms with Crippen LogP contribution >= 0.6 is 56.7 Å². The summed E-state index contributed by atoms with van der Waals surface area (Å²) in [5, 5.41) is 46.9. The van der Waals surface area contributed by atoms with Crippen LogP contribution in [0.15, 0.2) is 203 Å². The maximum atomic E-state index is 13.6. The van der Waals surface area contributed by atoms with Crippen LogP contribution in [0.4, 0.5) is 24.8 Å². The molecule has 13 nitrogen and oxygen atoms in total. The first-order valence-electron chi connectivity index (χ1n) is 29.3. The number of phenols is 3. The van der Waals surface area contributed by atoms with Crippen LogP contribution in [-0.2, 0) is 0 Å². The SMILES string of the molecule is Cc1cc(F)ccc1C(=O)c1sc2cc(O)ccc2c1-c1ccc(-c2nc(N)co2)cc1.Cc1cc(F)ccc1C(=O)c1sc2cc(O)ccc2c1-c1ccc(-c2nc(N)cs2)cc1.Cc1cc(F)ccc1C(=O)c1sc2cc(O)ccc2c1-c1ccc(-c2nc(O)cs2)cc1. The summed E-state index contributed by atoms with van der Waals surface area (Å²) in [5.41, 5.74) is 21.9. The molecule has 0 aliphatic heterocycles. The topological polar surface area (TPSA) is 236 Å². The van der Waals surface area contributed by atoms with E-state index >= 15 is 0 Å². The van der Waals surface area contributed by atoms with E-state index in [1.807, 2.05) is 78.9 Å². The molecule has 21 heteroatoms. The van der Waals surface area contributed by atoms with Crippen molar-refractivity contribution >= 4 is 116 Å². The number of rotatable bonds is 12. The summed E-state index contributed by atoms with van der Waals surface area (Å²) in [5.74, 6) is -0.126. The number of oxazole rings is 1. The van der Waals surface area contributed by atoms with Gasteiger partial charge >= 0.3 is 0 Å². The summed E-state index contributed by atoms with van der Waals surface area (Å²) in [6.45, 7) is 5.16. The summed E-state index contributed by atoms with van der Waals surface area (Å²) in [6, 6.07) is 50.6. The zero-order chi connectivity index (χ0) is 67.2. The number of nitrogens with zero attached hydrogens (tertiary/aromatic N) is 3. The number of benzene rings is 9. The number of thiophene rings is 3. The van der Waals surface area contributed by atoms with Crippen molar-refractivity contribution < 1.29 is 52.4 Å². The highest BCUT2D eigenvalue weighted by atomic mass is 32.1. The van der Waals surface area contributed by atoms with Crippen molar-refractivity contribution in [2.45, 2.75) is 20.8 Å². The molecule has 6 heterocycles. The minimum absolute atomic E-state index is 0.0136. The number of fused-ring (bicyclic) bond motifs is 3. The standard InChI is InChI=1S/C25H17FN2O3S.C25H17FN2O2S2.C25H16FNO3S2/c2*1-13-10-16(26)6-8-18(13)23(30)24-22(19-9-7-17(29)11-20(19)32-24)14-2-4-15(5-3-14)25-28-21(27)12-31-25;1-13-10-16(26)6-8-18(13)23(30)24-22(19-9-7-17(28)11-20(19)32-24)14-2-4-15(5-3-14)25-27-21(29)12-31-25/h2*2-12,29H,27H2,1H3;2-12,28-29H,1H3. The van der Waals surface area contributed by atoms with E-state index in [0.29, 0.717) is 70.5 Å². The lowest BCUT2D eigenvalue weighted by atomic mass is 9.96. The lowest BCUT2D eigenvalue weighted by Crippen LogP contribution is -2.03. The Hall–Kier alpha value is -11.1. The minimum atomic E-state index is -0.386. The largest absolute Gasteiger partial charge is 0.508 e. The quantitative estimate of drug-likeness (QED) is 0.0625. The third-order valence-electron chi connectivity index (χ3n) is 15.7. The van der Waals surface area contributed by atoms with Gasteiger partial charge in [-0.25, -0.2) is 23.1 Å². The van der Waals surface area contributed by atoms with Gasteiger partial charge in [-0.05, 0) is 175 Å². The maximum absolute atomic E-state index is 13.6. The number of aromatic hydroxyl groups is 4. The molecule has 0 fully saturated rings. The van der Waals surface area contributed by atoms with E-state index in [-0.39, 0.29) is 57.9 Å². The molecule has 0 atom stereocenters. The van der Waals surface area contributed by atoms with Crippen molar-refractivity contribution in [2.24, 2.45) is 0 Å². The fraction of sp³-hybridized carbons (Fsp3) is 0.0400. The van der Waals surface area contributed by atoms with Crippen LogP contribution < -0.4 is 11.5 Å². The van der Waals surface area contributed by atoms with Gasteiger partial charge in [0.25, 0.3) is 0 Å². The number of aromatic nitrogens is 3. The van der Waals surface area contributed by atoms with E-state index < -0.39 is 0 Å². The Morgan fingerprint density at radius 3 is 1.05 bits per heavy atom. The molecule has 0 amide bonds. The van der Waals surface area contributed by atoms with Gasteiger partial charge in [0.1, 0.15) is 56.8 Å². The molecule has 0 radical (unpaired) electrons. The van der Waals surface area contributed by atoms with Crippen LogP contribution in [0.5, 0.6) is 23.1 Å². The number of carbonyl (C=O) groups excluding carboxylic acids is 3. The highest BCUT2D eigenvalue weighted by Crippen LogP contribution is 2.46. The van der Waals surface area contributed by atoms with Crippen molar-refractivity contribution in [2.75, 3.05) is 11.5 Å². The molecule has 0 saturated carbocycles. The Balaban J connectivity index is 0.000000130. The van der Waals surface area contributed by atoms with E-state index in [9.17, 15) is 48.0 Å². The first-order chi connectivity index (χ1) is 46.2. The molecule has 0 bridgehead atoms. The molecule has 15 rings (SSSR count). The van der Waals surface area contributed by atoms with Gasteiger partial charge in [0.2, 0.25) is 29.1 Å². The number of hydrogen-bond acceptors (Lipinski definition) is 18. The molecule has 0 unspecified atom stereocenters. The predicted molar refractivity (Wildman–Crippen MR) is 379 cm³/mol. The highest BCUT2D eigenvalue weighted by molar-refractivity contribution is 7.22. The van der Waals surface area contributed by atoms with Crippen LogP contribution in [0, 0.1) is 38.2 Å². The Morgan fingerprint density at radius 1 is 0.396 bits per heavy atom. The predicted octanol–water partition coefficient (Wildman–Crippen LogP) is 19.6. The lowest BCUT2D eigenvalue weighted by molar-refractivity contribution is 0.103. The number of thiazole rings is 2. The Morgan fingerprint density at radius 2 is 0.740 bits per heavy atom. The van der Waals surface area contributed by atoms with Gasteiger partial charge in [-0.1, -0.05) is 60.7 Å². The first-order valence-corrected chi connectivity index (χ1v) is 33.5. The summed E-state index contributed by atoms with van der Waals surface area (Å²) in [4.78, 5) is 54.7. The molecule has 0 aliphatic carbocycles. The summed E-state index contributed by atoms with van der Waals surface area (Å²) >= 11 is 6.75. The average Bonchev–Trinajstić information content (AvgIpc) is 1.78. The van der Waals surface area contributed by atoms with Gasteiger partial charge in [0.15, 0.2) is 5.82 Å². The molecule has 0 aliphatic rings. The molecule has 15 aromatic rings. The van der Waals surface area contributed by atoms with Crippen LogP contribution in [-0.4, -0.2) is 52.7 Å². The lowest BCUT2D eigenvalue weighted by Gasteiger charge is -2.08. The van der Waals surface area contributed by atoms with Crippen LogP contribution in [0.2, 0.25) is 0 Å². The van der Waals surface area contributed by atoms with Crippen molar-refractivity contribution in [3.8, 4) is 89.1 Å². The minimum Gasteiger partial charge on any atom is -0.508 e. The second-order valence-corrected chi connectivity index (χ2v) is 27.1. The fourth-order valence-electron chi connectivity index (χ4n) is 11.2. The second-order valence-electron chi connectivity index (χ2n) is 22.2.